The molecular weight excluding hydrogens is 266 g/mol. The number of benzene rings is 1. The average molecular weight is 281 g/mol. The first-order valence-corrected chi connectivity index (χ1v) is 6.89. The van der Waals surface area contributed by atoms with Crippen molar-refractivity contribution in [3.8, 4) is 5.75 Å². The van der Waals surface area contributed by atoms with Crippen LogP contribution < -0.4 is 10.2 Å². The maximum absolute atomic E-state index is 12.6. The summed E-state index contributed by atoms with van der Waals surface area (Å²) in [4.78, 5) is 12.6. The summed E-state index contributed by atoms with van der Waals surface area (Å²) in [6, 6.07) is 5.49. The Hall–Kier alpha value is -2.49. The highest BCUT2D eigenvalue weighted by atomic mass is 16.5. The Bertz CT molecular complexity index is 973. The van der Waals surface area contributed by atoms with Crippen molar-refractivity contribution in [2.75, 3.05) is 0 Å². The van der Waals surface area contributed by atoms with Gasteiger partial charge in [-0.2, -0.15) is 0 Å². The number of pyridine rings is 1. The second kappa shape index (κ2) is 3.79. The van der Waals surface area contributed by atoms with E-state index >= 15 is 0 Å². The van der Waals surface area contributed by atoms with Crippen LogP contribution in [0.15, 0.2) is 39.7 Å². The van der Waals surface area contributed by atoms with Gasteiger partial charge in [0, 0.05) is 12.6 Å². The van der Waals surface area contributed by atoms with E-state index in [1.165, 1.54) is 0 Å². The molecular formula is C17H15NO3. The molecule has 0 unspecified atom stereocenters. The zero-order valence-electron chi connectivity index (χ0n) is 12.1. The van der Waals surface area contributed by atoms with Gasteiger partial charge in [0.2, 0.25) is 11.1 Å². The summed E-state index contributed by atoms with van der Waals surface area (Å²) >= 11 is 0. The molecule has 0 fully saturated rings. The SMILES string of the molecule is Cn1c2occc2c(=O)c2ccc3c(c21)OC(C)(C)C=C3. The van der Waals surface area contributed by atoms with E-state index in [-0.39, 0.29) is 5.43 Å². The number of hydrogen-bond donors (Lipinski definition) is 0. The van der Waals surface area contributed by atoms with Crippen LogP contribution in [0.3, 0.4) is 0 Å². The third-order valence-electron chi connectivity index (χ3n) is 3.97. The van der Waals surface area contributed by atoms with E-state index in [1.807, 2.05) is 49.7 Å². The minimum atomic E-state index is -0.393. The molecule has 106 valence electrons. The predicted molar refractivity (Wildman–Crippen MR) is 82.7 cm³/mol. The van der Waals surface area contributed by atoms with E-state index < -0.39 is 5.60 Å². The van der Waals surface area contributed by atoms with Crippen molar-refractivity contribution in [3.63, 3.8) is 0 Å². The molecule has 0 atom stereocenters. The molecule has 2 aromatic heterocycles. The monoisotopic (exact) mass is 281 g/mol. The smallest absolute Gasteiger partial charge is 0.210 e. The molecule has 0 saturated heterocycles. The lowest BCUT2D eigenvalue weighted by atomic mass is 10.00. The number of nitrogens with zero attached hydrogens (tertiary/aromatic N) is 1. The number of aromatic nitrogens is 1. The van der Waals surface area contributed by atoms with Gasteiger partial charge < -0.3 is 13.7 Å². The first kappa shape index (κ1) is 12.3. The molecule has 0 bridgehead atoms. The van der Waals surface area contributed by atoms with E-state index in [0.29, 0.717) is 16.5 Å². The molecule has 3 heterocycles. The van der Waals surface area contributed by atoms with Crippen molar-refractivity contribution in [3.05, 3.63) is 46.3 Å². The Balaban J connectivity index is 2.23. The largest absolute Gasteiger partial charge is 0.481 e. The zero-order chi connectivity index (χ0) is 14.8. The number of fused-ring (bicyclic) bond motifs is 4. The minimum Gasteiger partial charge on any atom is -0.481 e. The second-order valence-corrected chi connectivity index (χ2v) is 5.95. The highest BCUT2D eigenvalue weighted by Gasteiger charge is 2.25. The molecule has 3 aromatic rings. The van der Waals surface area contributed by atoms with Gasteiger partial charge in [-0.25, -0.2) is 0 Å². The van der Waals surface area contributed by atoms with E-state index in [9.17, 15) is 4.79 Å². The molecule has 0 N–H and O–H groups in total. The number of aryl methyl sites for hydroxylation is 1. The molecule has 0 saturated carbocycles. The number of hydrogen-bond acceptors (Lipinski definition) is 3. The van der Waals surface area contributed by atoms with Crippen molar-refractivity contribution in [1.82, 2.24) is 4.57 Å². The molecule has 0 aliphatic carbocycles. The van der Waals surface area contributed by atoms with E-state index in [0.717, 1.165) is 16.8 Å². The molecule has 1 aliphatic heterocycles. The Morgan fingerprint density at radius 1 is 1.14 bits per heavy atom. The fraction of sp³-hybridized carbons (Fsp3) is 0.235. The van der Waals surface area contributed by atoms with Crippen LogP contribution in [0, 0.1) is 0 Å². The van der Waals surface area contributed by atoms with Crippen molar-refractivity contribution >= 4 is 28.1 Å². The average Bonchev–Trinajstić information content (AvgIpc) is 2.92. The first-order chi connectivity index (χ1) is 9.98. The highest BCUT2D eigenvalue weighted by molar-refractivity contribution is 5.96. The summed E-state index contributed by atoms with van der Waals surface area (Å²) in [6.45, 7) is 3.99. The van der Waals surface area contributed by atoms with E-state index in [4.69, 9.17) is 9.15 Å². The molecule has 0 spiro atoms. The first-order valence-electron chi connectivity index (χ1n) is 6.89. The van der Waals surface area contributed by atoms with Crippen LogP contribution in [0.4, 0.5) is 0 Å². The van der Waals surface area contributed by atoms with Crippen molar-refractivity contribution in [1.29, 1.82) is 0 Å². The van der Waals surface area contributed by atoms with Gasteiger partial charge in [0.1, 0.15) is 5.60 Å². The Morgan fingerprint density at radius 3 is 2.76 bits per heavy atom. The Labute approximate surface area is 121 Å². The minimum absolute atomic E-state index is 0.0226. The van der Waals surface area contributed by atoms with Crippen LogP contribution in [-0.2, 0) is 7.05 Å². The van der Waals surface area contributed by atoms with E-state index in [1.54, 1.807) is 12.3 Å². The van der Waals surface area contributed by atoms with Crippen LogP contribution in [0.2, 0.25) is 0 Å². The molecule has 1 aliphatic rings. The number of furan rings is 1. The van der Waals surface area contributed by atoms with Crippen LogP contribution in [0.5, 0.6) is 5.75 Å². The third kappa shape index (κ3) is 1.59. The fourth-order valence-corrected chi connectivity index (χ4v) is 2.91. The summed E-state index contributed by atoms with van der Waals surface area (Å²) in [6.07, 6.45) is 5.60. The number of ether oxygens (including phenoxy) is 1. The normalized spacial score (nSPS) is 16.1. The van der Waals surface area contributed by atoms with Gasteiger partial charge in [0.25, 0.3) is 0 Å². The molecule has 21 heavy (non-hydrogen) atoms. The molecule has 0 amide bonds. The summed E-state index contributed by atoms with van der Waals surface area (Å²) in [5, 5.41) is 1.24. The summed E-state index contributed by atoms with van der Waals surface area (Å²) in [7, 11) is 1.89. The lowest BCUT2D eigenvalue weighted by molar-refractivity contribution is 0.161. The number of rotatable bonds is 0. The maximum Gasteiger partial charge on any atom is 0.210 e. The van der Waals surface area contributed by atoms with Crippen molar-refractivity contribution < 1.29 is 9.15 Å². The molecule has 4 rings (SSSR count). The van der Waals surface area contributed by atoms with Gasteiger partial charge in [0.05, 0.1) is 22.6 Å². The summed E-state index contributed by atoms with van der Waals surface area (Å²) in [5.41, 5.74) is 1.90. The molecule has 1 aromatic carbocycles. The van der Waals surface area contributed by atoms with Crippen molar-refractivity contribution in [2.45, 2.75) is 19.4 Å². The third-order valence-corrected chi connectivity index (χ3v) is 3.97. The lowest BCUT2D eigenvalue weighted by Crippen LogP contribution is -2.28. The van der Waals surface area contributed by atoms with E-state index in [2.05, 4.69) is 0 Å². The van der Waals surface area contributed by atoms with Crippen molar-refractivity contribution in [2.24, 2.45) is 7.05 Å². The summed E-state index contributed by atoms with van der Waals surface area (Å²) < 4.78 is 13.5. The van der Waals surface area contributed by atoms with Crippen LogP contribution >= 0.6 is 0 Å². The Morgan fingerprint density at radius 2 is 1.95 bits per heavy atom. The topological polar surface area (TPSA) is 44.4 Å². The van der Waals surface area contributed by atoms with Crippen LogP contribution in [0.1, 0.15) is 19.4 Å². The van der Waals surface area contributed by atoms with Gasteiger partial charge in [-0.15, -0.1) is 0 Å². The second-order valence-electron chi connectivity index (χ2n) is 5.95. The molecule has 4 heteroatoms. The van der Waals surface area contributed by atoms with Gasteiger partial charge in [-0.05, 0) is 32.1 Å². The van der Waals surface area contributed by atoms with Gasteiger partial charge in [-0.1, -0.05) is 12.1 Å². The quantitative estimate of drug-likeness (QED) is 0.633. The molecule has 0 radical (unpaired) electrons. The van der Waals surface area contributed by atoms with Gasteiger partial charge >= 0.3 is 0 Å². The Kier molecular flexibility index (Phi) is 2.21. The van der Waals surface area contributed by atoms with Crippen LogP contribution in [0.25, 0.3) is 28.1 Å². The molecule has 4 nitrogen and oxygen atoms in total. The lowest BCUT2D eigenvalue weighted by Gasteiger charge is -2.29. The predicted octanol–water partition coefficient (Wildman–Crippen LogP) is 3.47. The van der Waals surface area contributed by atoms with Crippen LogP contribution in [-0.4, -0.2) is 10.2 Å². The zero-order valence-corrected chi connectivity index (χ0v) is 12.1. The van der Waals surface area contributed by atoms with Gasteiger partial charge in [0.15, 0.2) is 5.75 Å². The summed E-state index contributed by atoms with van der Waals surface area (Å²) in [5.74, 6) is 0.734. The maximum atomic E-state index is 12.6. The standard InChI is InChI=1S/C17H15NO3/c1-17(2)8-6-10-4-5-11-13(15(10)21-17)18(3)16-12(14(11)19)7-9-20-16/h4-9H,1-3H3. The fourth-order valence-electron chi connectivity index (χ4n) is 2.91. The van der Waals surface area contributed by atoms with Gasteiger partial charge in [-0.3, -0.25) is 4.79 Å². The highest BCUT2D eigenvalue weighted by Crippen LogP contribution is 2.37.